The van der Waals surface area contributed by atoms with Crippen molar-refractivity contribution >= 4 is 34.6 Å². The third-order valence-electron chi connectivity index (χ3n) is 7.80. The summed E-state index contributed by atoms with van der Waals surface area (Å²) in [4.78, 5) is 35.6. The van der Waals surface area contributed by atoms with E-state index >= 15 is 0 Å². The normalized spacial score (nSPS) is 16.6. The molecule has 0 spiro atoms. The van der Waals surface area contributed by atoms with Crippen LogP contribution in [0.3, 0.4) is 0 Å². The maximum Gasteiger partial charge on any atom is 0.254 e. The van der Waals surface area contributed by atoms with E-state index in [2.05, 4.69) is 34.6 Å². The van der Waals surface area contributed by atoms with Crippen LogP contribution in [0.2, 0.25) is 0 Å². The van der Waals surface area contributed by atoms with E-state index in [9.17, 15) is 9.59 Å². The fourth-order valence-electron chi connectivity index (χ4n) is 5.79. The van der Waals surface area contributed by atoms with Crippen LogP contribution in [-0.2, 0) is 24.8 Å². The molecular weight excluding hydrogens is 528 g/mol. The Morgan fingerprint density at radius 3 is 2.45 bits per heavy atom. The number of nitrogens with one attached hydrogen (secondary N) is 2. The minimum Gasteiger partial charge on any atom is -0.493 e. The van der Waals surface area contributed by atoms with Crippen LogP contribution in [0.15, 0.2) is 23.2 Å². The molecule has 0 aliphatic carbocycles. The van der Waals surface area contributed by atoms with Gasteiger partial charge in [-0.05, 0) is 62.5 Å². The highest BCUT2D eigenvalue weighted by molar-refractivity contribution is 8.00. The molecule has 0 bridgehead atoms. The van der Waals surface area contributed by atoms with Gasteiger partial charge in [-0.3, -0.25) is 14.3 Å². The summed E-state index contributed by atoms with van der Waals surface area (Å²) in [7, 11) is 5.10. The number of methoxy groups -OCH3 is 2. The average molecular weight is 567 g/mol. The number of carbonyl (C=O) groups is 2. The molecule has 1 aromatic carbocycles. The first kappa shape index (κ1) is 28.2. The first-order valence-corrected chi connectivity index (χ1v) is 14.6. The molecule has 1 saturated heterocycles. The zero-order valence-corrected chi connectivity index (χ0v) is 24.9. The second-order valence-electron chi connectivity index (χ2n) is 10.8. The largest absolute Gasteiger partial charge is 0.493 e. The molecule has 3 aromatic rings. The number of piperidine rings is 1. The molecule has 2 aromatic heterocycles. The van der Waals surface area contributed by atoms with Gasteiger partial charge in [0.15, 0.2) is 17.1 Å². The minimum absolute atomic E-state index is 0.0487. The van der Waals surface area contributed by atoms with Crippen molar-refractivity contribution in [1.82, 2.24) is 30.3 Å². The molecule has 10 nitrogen and oxygen atoms in total. The van der Waals surface area contributed by atoms with Crippen molar-refractivity contribution in [3.05, 3.63) is 40.7 Å². The van der Waals surface area contributed by atoms with Crippen LogP contribution < -0.4 is 20.1 Å². The summed E-state index contributed by atoms with van der Waals surface area (Å²) in [6.07, 6.45) is 3.36. The molecule has 0 radical (unpaired) electrons. The van der Waals surface area contributed by atoms with Gasteiger partial charge in [-0.15, -0.1) is 11.8 Å². The van der Waals surface area contributed by atoms with Gasteiger partial charge in [-0.2, -0.15) is 5.10 Å². The number of amides is 2. The van der Waals surface area contributed by atoms with Crippen molar-refractivity contribution in [2.75, 3.05) is 33.9 Å². The lowest BCUT2D eigenvalue weighted by molar-refractivity contribution is -0.140. The Labute approximate surface area is 239 Å². The van der Waals surface area contributed by atoms with Crippen molar-refractivity contribution in [2.24, 2.45) is 7.05 Å². The minimum atomic E-state index is -1.00. The Hall–Kier alpha value is -3.31. The van der Waals surface area contributed by atoms with Gasteiger partial charge in [0.25, 0.3) is 5.91 Å². The number of hydrogen-bond donors (Lipinski definition) is 2. The third-order valence-corrected chi connectivity index (χ3v) is 8.93. The number of ether oxygens (including phenoxy) is 2. The molecule has 5 rings (SSSR count). The number of carbonyl (C=O) groups excluding carboxylic acids is 2. The maximum absolute atomic E-state index is 14.3. The van der Waals surface area contributed by atoms with Gasteiger partial charge in [-0.1, -0.05) is 13.8 Å². The van der Waals surface area contributed by atoms with E-state index in [-0.39, 0.29) is 17.1 Å². The molecule has 2 aliphatic rings. The van der Waals surface area contributed by atoms with E-state index in [1.165, 1.54) is 0 Å². The Bertz CT molecular complexity index is 1450. The number of aryl methyl sites for hydroxylation is 2. The predicted octanol–water partition coefficient (Wildman–Crippen LogP) is 3.23. The predicted molar refractivity (Wildman–Crippen MR) is 155 cm³/mol. The highest BCUT2D eigenvalue weighted by atomic mass is 32.2. The van der Waals surface area contributed by atoms with E-state index < -0.39 is 5.54 Å². The Morgan fingerprint density at radius 2 is 1.80 bits per heavy atom. The molecule has 4 heterocycles. The van der Waals surface area contributed by atoms with E-state index in [1.54, 1.807) is 36.9 Å². The highest BCUT2D eigenvalue weighted by Gasteiger charge is 2.44. The lowest BCUT2D eigenvalue weighted by atomic mass is 9.85. The molecule has 1 fully saturated rings. The molecule has 0 saturated carbocycles. The van der Waals surface area contributed by atoms with Crippen molar-refractivity contribution in [3.8, 4) is 11.5 Å². The van der Waals surface area contributed by atoms with Crippen molar-refractivity contribution in [1.29, 1.82) is 0 Å². The molecule has 2 N–H and O–H groups in total. The molecule has 0 unspecified atom stereocenters. The van der Waals surface area contributed by atoms with E-state index in [0.717, 1.165) is 32.7 Å². The number of benzene rings is 1. The number of thioether (sulfide) groups is 1. The van der Waals surface area contributed by atoms with Gasteiger partial charge in [-0.25, -0.2) is 4.98 Å². The lowest BCUT2D eigenvalue weighted by Gasteiger charge is -2.42. The van der Waals surface area contributed by atoms with Gasteiger partial charge < -0.3 is 25.0 Å². The number of rotatable bonds is 7. The van der Waals surface area contributed by atoms with Crippen molar-refractivity contribution in [3.63, 3.8) is 0 Å². The van der Waals surface area contributed by atoms with Gasteiger partial charge >= 0.3 is 0 Å². The Balaban J connectivity index is 1.46. The van der Waals surface area contributed by atoms with Crippen LogP contribution in [-0.4, -0.2) is 76.1 Å². The zero-order chi connectivity index (χ0) is 28.6. The molecule has 2 aliphatic heterocycles. The van der Waals surface area contributed by atoms with Gasteiger partial charge in [0.2, 0.25) is 5.91 Å². The number of fused-ring (bicyclic) bond motifs is 2. The number of nitrogens with zero attached hydrogens (tertiary/aromatic N) is 4. The molecule has 40 heavy (non-hydrogen) atoms. The van der Waals surface area contributed by atoms with Crippen LogP contribution >= 0.6 is 11.8 Å². The maximum atomic E-state index is 14.3. The average Bonchev–Trinajstić information content (AvgIpc) is 3.24. The zero-order valence-electron chi connectivity index (χ0n) is 24.1. The van der Waals surface area contributed by atoms with E-state index in [4.69, 9.17) is 9.47 Å². The van der Waals surface area contributed by atoms with Gasteiger partial charge in [0, 0.05) is 36.5 Å². The van der Waals surface area contributed by atoms with Crippen LogP contribution in [0, 0.1) is 6.92 Å². The fourth-order valence-corrected chi connectivity index (χ4v) is 6.89. The standard InChI is InChI=1S/C29H38N6O4S/c1-17(2)40-25-21(15-31-26-24(25)18(3)33-34(26)4)27(36)32-29(8-10-30-11-9-29)28(37)35-12-7-19-13-22(38-5)23(39-6)14-20(19)16-35/h13-15,17,30H,7-12,16H2,1-6H3,(H,32,36). The summed E-state index contributed by atoms with van der Waals surface area (Å²) in [6, 6.07) is 3.95. The summed E-state index contributed by atoms with van der Waals surface area (Å²) in [6.45, 7) is 8.45. The molecular formula is C29H38N6O4S. The molecule has 2 amide bonds. The third kappa shape index (κ3) is 5.12. The second-order valence-corrected chi connectivity index (χ2v) is 12.4. The smallest absolute Gasteiger partial charge is 0.254 e. The summed E-state index contributed by atoms with van der Waals surface area (Å²) in [5, 5.41) is 12.2. The highest BCUT2D eigenvalue weighted by Crippen LogP contribution is 2.37. The van der Waals surface area contributed by atoms with Crippen molar-refractivity contribution in [2.45, 2.75) is 62.3 Å². The van der Waals surface area contributed by atoms with Crippen LogP contribution in [0.5, 0.6) is 11.5 Å². The topological polar surface area (TPSA) is 111 Å². The quantitative estimate of drug-likeness (QED) is 0.420. The van der Waals surface area contributed by atoms with E-state index in [0.29, 0.717) is 62.5 Å². The number of aromatic nitrogens is 3. The van der Waals surface area contributed by atoms with Gasteiger partial charge in [0.05, 0.1) is 30.9 Å². The number of hydrogen-bond acceptors (Lipinski definition) is 8. The SMILES string of the molecule is COc1cc2c(cc1OC)CN(C(=O)C1(NC(=O)c3cnc4c(c(C)nn4C)c3SC(C)C)CCNCC1)CC2. The summed E-state index contributed by atoms with van der Waals surface area (Å²) >= 11 is 1.62. The van der Waals surface area contributed by atoms with Crippen molar-refractivity contribution < 1.29 is 19.1 Å². The van der Waals surface area contributed by atoms with Crippen LogP contribution in [0.4, 0.5) is 0 Å². The van der Waals surface area contributed by atoms with Crippen LogP contribution in [0.25, 0.3) is 11.0 Å². The van der Waals surface area contributed by atoms with E-state index in [1.807, 2.05) is 31.0 Å². The number of pyridine rings is 1. The first-order valence-electron chi connectivity index (χ1n) is 13.7. The lowest BCUT2D eigenvalue weighted by Crippen LogP contribution is -2.64. The summed E-state index contributed by atoms with van der Waals surface area (Å²) in [5.74, 6) is 1.00. The molecule has 214 valence electrons. The summed E-state index contributed by atoms with van der Waals surface area (Å²) < 4.78 is 12.7. The van der Waals surface area contributed by atoms with Gasteiger partial charge in [0.1, 0.15) is 5.54 Å². The molecule has 11 heteroatoms. The first-order chi connectivity index (χ1) is 19.2. The monoisotopic (exact) mass is 566 g/mol. The Kier molecular flexibility index (Phi) is 7.96. The second kappa shape index (κ2) is 11.3. The molecule has 0 atom stereocenters. The fraction of sp³-hybridized carbons (Fsp3) is 0.517. The summed E-state index contributed by atoms with van der Waals surface area (Å²) in [5.41, 5.74) is 3.22. The van der Waals surface area contributed by atoms with Crippen LogP contribution in [0.1, 0.15) is 53.9 Å². The Morgan fingerprint density at radius 1 is 1.12 bits per heavy atom.